The first-order valence-corrected chi connectivity index (χ1v) is 18.2. The second kappa shape index (κ2) is 14.3. The van der Waals surface area contributed by atoms with Gasteiger partial charge in [-0.2, -0.15) is 0 Å². The average molecular weight is 676 g/mol. The van der Waals surface area contributed by atoms with Crippen LogP contribution in [0, 0.1) is 0 Å². The molecule has 0 saturated heterocycles. The third-order valence-electron chi connectivity index (χ3n) is 10.1. The molecule has 0 unspecified atom stereocenters. The van der Waals surface area contributed by atoms with Crippen LogP contribution < -0.4 is 4.90 Å². The molecule has 0 radical (unpaired) electrons. The van der Waals surface area contributed by atoms with Crippen LogP contribution in [0.2, 0.25) is 0 Å². The molecule has 1 nitrogen and oxygen atoms in total. The number of nitrogens with zero attached hydrogens (tertiary/aromatic N) is 1. The lowest BCUT2D eigenvalue weighted by Crippen LogP contribution is -2.11. The van der Waals surface area contributed by atoms with Crippen molar-refractivity contribution in [1.29, 1.82) is 0 Å². The maximum Gasteiger partial charge on any atom is 0.0540 e. The lowest BCUT2D eigenvalue weighted by atomic mass is 9.95. The largest absolute Gasteiger partial charge is 0.310 e. The summed E-state index contributed by atoms with van der Waals surface area (Å²) >= 11 is 0. The van der Waals surface area contributed by atoms with Gasteiger partial charge in [-0.05, 0) is 103 Å². The van der Waals surface area contributed by atoms with Crippen molar-refractivity contribution in [1.82, 2.24) is 0 Å². The fourth-order valence-corrected chi connectivity index (χ4v) is 7.44. The summed E-state index contributed by atoms with van der Waals surface area (Å²) in [6, 6.07) is 80.8. The number of anilines is 3. The topological polar surface area (TPSA) is 3.24 Å². The molecule has 0 saturated carbocycles. The monoisotopic (exact) mass is 675 g/mol. The average Bonchev–Trinajstić information content (AvgIpc) is 3.25. The molecule has 0 N–H and O–H groups in total. The summed E-state index contributed by atoms with van der Waals surface area (Å²) in [6.45, 7) is 0. The van der Waals surface area contributed by atoms with Crippen molar-refractivity contribution >= 4 is 27.8 Å². The minimum Gasteiger partial charge on any atom is -0.310 e. The zero-order chi connectivity index (χ0) is 35.4. The van der Waals surface area contributed by atoms with Crippen LogP contribution in [0.1, 0.15) is 0 Å². The van der Waals surface area contributed by atoms with E-state index in [4.69, 9.17) is 0 Å². The summed E-state index contributed by atoms with van der Waals surface area (Å²) in [5, 5.41) is 2.51. The molecule has 0 aliphatic rings. The van der Waals surface area contributed by atoms with Gasteiger partial charge in [0.05, 0.1) is 5.69 Å². The third kappa shape index (κ3) is 6.53. The second-order valence-corrected chi connectivity index (χ2v) is 13.4. The van der Waals surface area contributed by atoms with Crippen LogP contribution in [-0.2, 0) is 0 Å². The van der Waals surface area contributed by atoms with Gasteiger partial charge in [0.2, 0.25) is 0 Å². The molecule has 0 aliphatic carbocycles. The molecule has 1 heteroatoms. The van der Waals surface area contributed by atoms with Gasteiger partial charge in [0, 0.05) is 16.9 Å². The molecule has 0 amide bonds. The molecular formula is C52H37N. The maximum atomic E-state index is 2.40. The van der Waals surface area contributed by atoms with E-state index in [1.54, 1.807) is 0 Å². The van der Waals surface area contributed by atoms with E-state index >= 15 is 0 Å². The highest BCUT2D eigenvalue weighted by Crippen LogP contribution is 2.43. The van der Waals surface area contributed by atoms with Crippen LogP contribution in [0.4, 0.5) is 17.1 Å². The van der Waals surface area contributed by atoms with Crippen molar-refractivity contribution in [2.45, 2.75) is 0 Å². The zero-order valence-electron chi connectivity index (χ0n) is 29.3. The van der Waals surface area contributed by atoms with Crippen molar-refractivity contribution < 1.29 is 0 Å². The predicted molar refractivity (Wildman–Crippen MR) is 226 cm³/mol. The van der Waals surface area contributed by atoms with Crippen LogP contribution in [-0.4, -0.2) is 0 Å². The minimum absolute atomic E-state index is 1.09. The van der Waals surface area contributed by atoms with Crippen LogP contribution >= 0.6 is 0 Å². The van der Waals surface area contributed by atoms with Gasteiger partial charge in [0.25, 0.3) is 0 Å². The highest BCUT2D eigenvalue weighted by molar-refractivity contribution is 5.97. The Morgan fingerprint density at radius 3 is 1.43 bits per heavy atom. The molecule has 9 rings (SSSR count). The molecule has 0 spiro atoms. The summed E-state index contributed by atoms with van der Waals surface area (Å²) in [6.07, 6.45) is 0. The molecule has 0 bridgehead atoms. The first kappa shape index (κ1) is 32.0. The fraction of sp³-hybridized carbons (Fsp3) is 0. The van der Waals surface area contributed by atoms with Gasteiger partial charge in [0.1, 0.15) is 0 Å². The van der Waals surface area contributed by atoms with Crippen molar-refractivity contribution in [2.24, 2.45) is 0 Å². The SMILES string of the molecule is c1ccc(-c2ccc(N(c3cccc(-c4cccc(-c5cccc6ccccc56)c4)c3)c3ccccc3-c3cccc(-c4ccccc4)c3)cc2)cc1. The summed E-state index contributed by atoms with van der Waals surface area (Å²) in [5.74, 6) is 0. The van der Waals surface area contributed by atoms with Gasteiger partial charge >= 0.3 is 0 Å². The Balaban J connectivity index is 1.17. The number of rotatable bonds is 8. The Bertz CT molecular complexity index is 2650. The lowest BCUT2D eigenvalue weighted by molar-refractivity contribution is 1.28. The van der Waals surface area contributed by atoms with E-state index in [2.05, 4.69) is 229 Å². The highest BCUT2D eigenvalue weighted by Gasteiger charge is 2.18. The van der Waals surface area contributed by atoms with Gasteiger partial charge in [-0.3, -0.25) is 0 Å². The number of hydrogen-bond donors (Lipinski definition) is 0. The molecule has 9 aromatic carbocycles. The van der Waals surface area contributed by atoms with E-state index in [1.165, 1.54) is 66.4 Å². The van der Waals surface area contributed by atoms with E-state index in [-0.39, 0.29) is 0 Å². The summed E-state index contributed by atoms with van der Waals surface area (Å²) in [4.78, 5) is 2.40. The zero-order valence-corrected chi connectivity index (χ0v) is 29.3. The van der Waals surface area contributed by atoms with Crippen LogP contribution in [0.3, 0.4) is 0 Å². The molecule has 250 valence electrons. The Labute approximate surface area is 311 Å². The standard InChI is InChI=1S/C52H37N/c1-3-15-38(16-4-1)40-31-33-47(34-32-40)53(52-30-10-9-28-51(52)46-25-11-21-42(35-46)39-17-5-2-6-18-39)48-26-13-23-44(37-48)43-22-12-24-45(36-43)50-29-14-20-41-19-7-8-27-49(41)50/h1-37H. The molecule has 53 heavy (non-hydrogen) atoms. The number of fused-ring (bicyclic) bond motifs is 1. The van der Waals surface area contributed by atoms with Crippen molar-refractivity contribution in [3.05, 3.63) is 224 Å². The van der Waals surface area contributed by atoms with Crippen LogP contribution in [0.5, 0.6) is 0 Å². The normalized spacial score (nSPS) is 11.0. The Hall–Kier alpha value is -6.96. The summed E-state index contributed by atoms with van der Waals surface area (Å²) in [5.41, 5.74) is 15.3. The van der Waals surface area contributed by atoms with E-state index < -0.39 is 0 Å². The Morgan fingerprint density at radius 1 is 0.245 bits per heavy atom. The van der Waals surface area contributed by atoms with E-state index in [0.717, 1.165) is 17.1 Å². The fourth-order valence-electron chi connectivity index (χ4n) is 7.44. The van der Waals surface area contributed by atoms with Crippen LogP contribution in [0.15, 0.2) is 224 Å². The van der Waals surface area contributed by atoms with Gasteiger partial charge in [0.15, 0.2) is 0 Å². The smallest absolute Gasteiger partial charge is 0.0540 e. The number of hydrogen-bond acceptors (Lipinski definition) is 1. The quantitative estimate of drug-likeness (QED) is 0.155. The van der Waals surface area contributed by atoms with Crippen molar-refractivity contribution in [3.63, 3.8) is 0 Å². The molecule has 9 aromatic rings. The molecular weight excluding hydrogens is 639 g/mol. The number of benzene rings is 9. The van der Waals surface area contributed by atoms with E-state index in [0.29, 0.717) is 0 Å². The Morgan fingerprint density at radius 2 is 0.698 bits per heavy atom. The van der Waals surface area contributed by atoms with Gasteiger partial charge in [-0.15, -0.1) is 0 Å². The highest BCUT2D eigenvalue weighted by atomic mass is 15.1. The first-order valence-electron chi connectivity index (χ1n) is 18.2. The summed E-state index contributed by atoms with van der Waals surface area (Å²) in [7, 11) is 0. The second-order valence-electron chi connectivity index (χ2n) is 13.4. The van der Waals surface area contributed by atoms with Gasteiger partial charge < -0.3 is 4.90 Å². The Kier molecular flexibility index (Phi) is 8.66. The summed E-state index contributed by atoms with van der Waals surface area (Å²) < 4.78 is 0. The lowest BCUT2D eigenvalue weighted by Gasteiger charge is -2.28. The molecule has 0 atom stereocenters. The molecule has 0 fully saturated rings. The first-order chi connectivity index (χ1) is 26.3. The predicted octanol–water partition coefficient (Wildman–Crippen LogP) is 14.6. The van der Waals surface area contributed by atoms with Crippen LogP contribution in [0.25, 0.3) is 66.4 Å². The maximum absolute atomic E-state index is 2.40. The number of para-hydroxylation sites is 1. The molecule has 0 aliphatic heterocycles. The van der Waals surface area contributed by atoms with Crippen molar-refractivity contribution in [3.8, 4) is 55.6 Å². The molecule has 0 aromatic heterocycles. The van der Waals surface area contributed by atoms with Gasteiger partial charge in [-0.25, -0.2) is 0 Å². The van der Waals surface area contributed by atoms with Gasteiger partial charge in [-0.1, -0.05) is 182 Å². The molecule has 0 heterocycles. The van der Waals surface area contributed by atoms with Crippen molar-refractivity contribution in [2.75, 3.05) is 4.90 Å². The van der Waals surface area contributed by atoms with E-state index in [9.17, 15) is 0 Å². The third-order valence-corrected chi connectivity index (χ3v) is 10.1. The van der Waals surface area contributed by atoms with E-state index in [1.807, 2.05) is 0 Å². The minimum atomic E-state index is 1.09.